The van der Waals surface area contributed by atoms with Crippen LogP contribution in [0.15, 0.2) is 47.5 Å². The molecule has 1 aliphatic carbocycles. The van der Waals surface area contributed by atoms with Gasteiger partial charge in [0, 0.05) is 36.6 Å². The van der Waals surface area contributed by atoms with Crippen molar-refractivity contribution in [3.8, 4) is 0 Å². The third kappa shape index (κ3) is 5.09. The Morgan fingerprint density at radius 2 is 1.80 bits per heavy atom. The van der Waals surface area contributed by atoms with Crippen molar-refractivity contribution in [2.24, 2.45) is 0 Å². The molecule has 1 amide bonds. The Labute approximate surface area is 209 Å². The maximum absolute atomic E-state index is 12.7. The summed E-state index contributed by atoms with van der Waals surface area (Å²) in [7, 11) is -1.83. The van der Waals surface area contributed by atoms with E-state index in [0.29, 0.717) is 34.9 Å². The molecule has 0 bridgehead atoms. The van der Waals surface area contributed by atoms with Gasteiger partial charge in [-0.2, -0.15) is 4.98 Å². The van der Waals surface area contributed by atoms with Crippen LogP contribution >= 0.6 is 11.6 Å². The highest BCUT2D eigenvalue weighted by molar-refractivity contribution is 7.89. The van der Waals surface area contributed by atoms with Crippen LogP contribution in [0.1, 0.15) is 30.4 Å². The fourth-order valence-corrected chi connectivity index (χ4v) is 5.68. The lowest BCUT2D eigenvalue weighted by Crippen LogP contribution is -2.31. The number of halogens is 1. The van der Waals surface area contributed by atoms with E-state index in [0.717, 1.165) is 29.8 Å². The van der Waals surface area contributed by atoms with E-state index < -0.39 is 10.0 Å². The van der Waals surface area contributed by atoms with Gasteiger partial charge in [-0.1, -0.05) is 17.7 Å². The average Bonchev–Trinajstić information content (AvgIpc) is 3.63. The number of hydrogen-bond donors (Lipinski definition) is 3. The van der Waals surface area contributed by atoms with Crippen LogP contribution < -0.4 is 20.3 Å². The standard InChI is InChI=1S/C24H25ClN6O3S/c1-14-3-5-18(12-21(14)35(33,34)30-16-6-7-16)28-24-26-13-19(25)23(29-24)27-17-8-9-20-15(11-17)4-10-22(32)31(20)2/h3,5,8-9,11-13,16,30H,4,6-7,10H2,1-2H3,(H2,26,27,28,29). The number of aromatic nitrogens is 2. The molecule has 5 rings (SSSR count). The summed E-state index contributed by atoms with van der Waals surface area (Å²) in [6.45, 7) is 1.76. The number of carbonyl (C=O) groups excluding carboxylic acids is 1. The number of fused-ring (bicyclic) bond motifs is 1. The van der Waals surface area contributed by atoms with E-state index in [4.69, 9.17) is 11.6 Å². The fourth-order valence-electron chi connectivity index (χ4n) is 3.97. The van der Waals surface area contributed by atoms with Gasteiger partial charge in [0.2, 0.25) is 21.9 Å². The zero-order valence-electron chi connectivity index (χ0n) is 19.3. The maximum Gasteiger partial charge on any atom is 0.241 e. The van der Waals surface area contributed by atoms with Gasteiger partial charge >= 0.3 is 0 Å². The highest BCUT2D eigenvalue weighted by Gasteiger charge is 2.29. The van der Waals surface area contributed by atoms with Crippen molar-refractivity contribution in [3.05, 3.63) is 58.7 Å². The fraction of sp³-hybridized carbons (Fsp3) is 0.292. The van der Waals surface area contributed by atoms with Crippen molar-refractivity contribution in [1.82, 2.24) is 14.7 Å². The monoisotopic (exact) mass is 512 g/mol. The SMILES string of the molecule is Cc1ccc(Nc2ncc(Cl)c(Nc3ccc4c(c3)CCC(=O)N4C)n2)cc1S(=O)(=O)NC1CC1. The quantitative estimate of drug-likeness (QED) is 0.432. The zero-order valence-corrected chi connectivity index (χ0v) is 20.9. The lowest BCUT2D eigenvalue weighted by atomic mass is 10.0. The van der Waals surface area contributed by atoms with Gasteiger partial charge in [0.05, 0.1) is 11.1 Å². The number of amides is 1. The van der Waals surface area contributed by atoms with Crippen LogP contribution in [0.25, 0.3) is 0 Å². The highest BCUT2D eigenvalue weighted by atomic mass is 35.5. The lowest BCUT2D eigenvalue weighted by Gasteiger charge is -2.26. The molecule has 0 atom stereocenters. The number of aryl methyl sites for hydroxylation is 2. The third-order valence-corrected chi connectivity index (χ3v) is 8.00. The smallest absolute Gasteiger partial charge is 0.241 e. The first-order valence-electron chi connectivity index (χ1n) is 11.3. The first-order chi connectivity index (χ1) is 16.7. The predicted octanol–water partition coefficient (Wildman–Crippen LogP) is 4.28. The molecule has 0 saturated heterocycles. The van der Waals surface area contributed by atoms with Gasteiger partial charge in [0.25, 0.3) is 0 Å². The number of benzene rings is 2. The molecule has 1 aromatic heterocycles. The Kier molecular flexibility index (Phi) is 6.12. The van der Waals surface area contributed by atoms with E-state index in [1.807, 2.05) is 18.2 Å². The van der Waals surface area contributed by atoms with Crippen LogP contribution in [0.3, 0.4) is 0 Å². The minimum absolute atomic E-state index is 0.0220. The summed E-state index contributed by atoms with van der Waals surface area (Å²) in [6, 6.07) is 10.9. The summed E-state index contributed by atoms with van der Waals surface area (Å²) >= 11 is 6.34. The topological polar surface area (TPSA) is 116 Å². The Morgan fingerprint density at radius 3 is 2.57 bits per heavy atom. The molecule has 1 fully saturated rings. The molecule has 0 unspecified atom stereocenters. The van der Waals surface area contributed by atoms with Gasteiger partial charge in [0.1, 0.15) is 5.02 Å². The second kappa shape index (κ2) is 9.10. The van der Waals surface area contributed by atoms with Crippen molar-refractivity contribution < 1.29 is 13.2 Å². The van der Waals surface area contributed by atoms with Crippen LogP contribution in [-0.4, -0.2) is 37.4 Å². The summed E-state index contributed by atoms with van der Waals surface area (Å²) in [4.78, 5) is 22.5. The van der Waals surface area contributed by atoms with Crippen molar-refractivity contribution in [3.63, 3.8) is 0 Å². The van der Waals surface area contributed by atoms with Gasteiger partial charge in [-0.25, -0.2) is 18.1 Å². The largest absolute Gasteiger partial charge is 0.339 e. The van der Waals surface area contributed by atoms with Crippen molar-refractivity contribution in [2.75, 3.05) is 22.6 Å². The minimum Gasteiger partial charge on any atom is -0.339 e. The number of nitrogens with one attached hydrogen (secondary N) is 3. The molecule has 35 heavy (non-hydrogen) atoms. The van der Waals surface area contributed by atoms with Crippen LogP contribution in [-0.2, 0) is 21.2 Å². The number of sulfonamides is 1. The van der Waals surface area contributed by atoms with Crippen molar-refractivity contribution >= 4 is 56.4 Å². The van der Waals surface area contributed by atoms with E-state index in [-0.39, 0.29) is 22.8 Å². The molecule has 2 aromatic carbocycles. The minimum atomic E-state index is -3.60. The molecule has 182 valence electrons. The predicted molar refractivity (Wildman–Crippen MR) is 136 cm³/mol. The van der Waals surface area contributed by atoms with Gasteiger partial charge in [-0.05, 0) is 67.6 Å². The second-order valence-electron chi connectivity index (χ2n) is 8.81. The molecule has 0 spiro atoms. The van der Waals surface area contributed by atoms with Gasteiger partial charge < -0.3 is 15.5 Å². The first kappa shape index (κ1) is 23.5. The lowest BCUT2D eigenvalue weighted by molar-refractivity contribution is -0.118. The summed E-state index contributed by atoms with van der Waals surface area (Å²) in [5.74, 6) is 0.769. The number of hydrogen-bond acceptors (Lipinski definition) is 7. The molecule has 2 aliphatic rings. The molecular weight excluding hydrogens is 488 g/mol. The highest BCUT2D eigenvalue weighted by Crippen LogP contribution is 2.32. The molecule has 1 saturated carbocycles. The van der Waals surface area contributed by atoms with E-state index >= 15 is 0 Å². The molecule has 2 heterocycles. The van der Waals surface area contributed by atoms with Crippen molar-refractivity contribution in [1.29, 1.82) is 0 Å². The van der Waals surface area contributed by atoms with Gasteiger partial charge in [-0.15, -0.1) is 0 Å². The Balaban J connectivity index is 1.37. The van der Waals surface area contributed by atoms with Gasteiger partial charge in [0.15, 0.2) is 5.82 Å². The number of anilines is 5. The average molecular weight is 513 g/mol. The summed E-state index contributed by atoms with van der Waals surface area (Å²) < 4.78 is 28.2. The van der Waals surface area contributed by atoms with Crippen LogP contribution in [0.5, 0.6) is 0 Å². The molecular formula is C24H25ClN6O3S. The van der Waals surface area contributed by atoms with E-state index in [1.165, 1.54) is 6.20 Å². The number of rotatable bonds is 7. The van der Waals surface area contributed by atoms with Crippen LogP contribution in [0.4, 0.5) is 28.8 Å². The summed E-state index contributed by atoms with van der Waals surface area (Å²) in [5, 5.41) is 6.62. The third-order valence-electron chi connectivity index (χ3n) is 6.06. The molecule has 11 heteroatoms. The van der Waals surface area contributed by atoms with E-state index in [9.17, 15) is 13.2 Å². The second-order valence-corrected chi connectivity index (χ2v) is 10.9. The molecule has 3 aromatic rings. The summed E-state index contributed by atoms with van der Waals surface area (Å²) in [6.07, 6.45) is 4.35. The molecule has 1 aliphatic heterocycles. The molecule has 0 radical (unpaired) electrons. The Bertz CT molecular complexity index is 1420. The Morgan fingerprint density at radius 1 is 1.06 bits per heavy atom. The number of nitrogens with zero attached hydrogens (tertiary/aromatic N) is 3. The number of carbonyl (C=O) groups is 1. The normalized spacial score (nSPS) is 15.6. The maximum atomic E-state index is 12.7. The van der Waals surface area contributed by atoms with Gasteiger partial charge in [-0.3, -0.25) is 4.79 Å². The van der Waals surface area contributed by atoms with E-state index in [1.54, 1.807) is 37.1 Å². The molecule has 9 nitrogen and oxygen atoms in total. The van der Waals surface area contributed by atoms with E-state index in [2.05, 4.69) is 25.3 Å². The molecule has 3 N–H and O–H groups in total. The Hall–Kier alpha value is -3.21. The van der Waals surface area contributed by atoms with Crippen LogP contribution in [0.2, 0.25) is 5.02 Å². The first-order valence-corrected chi connectivity index (χ1v) is 13.1. The van der Waals surface area contributed by atoms with Crippen molar-refractivity contribution in [2.45, 2.75) is 43.5 Å². The zero-order chi connectivity index (χ0) is 24.7. The summed E-state index contributed by atoms with van der Waals surface area (Å²) in [5.41, 5.74) is 3.94. The van der Waals surface area contributed by atoms with Crippen LogP contribution in [0, 0.1) is 6.92 Å².